The Morgan fingerprint density at radius 1 is 0.400 bits per heavy atom. The SMILES string of the molecule is C(CCNCNCCCCNCNCCCCCN1CCCC1)CCN1CCCC1. The van der Waals surface area contributed by atoms with E-state index in [1.54, 1.807) is 0 Å². The second-order valence-corrected chi connectivity index (χ2v) is 9.28. The van der Waals surface area contributed by atoms with E-state index in [-0.39, 0.29) is 0 Å². The van der Waals surface area contributed by atoms with Crippen molar-refractivity contribution >= 4 is 0 Å². The lowest BCUT2D eigenvalue weighted by Gasteiger charge is -2.14. The van der Waals surface area contributed by atoms with Crippen LogP contribution in [-0.4, -0.2) is 88.6 Å². The molecule has 178 valence electrons. The Hall–Kier alpha value is -0.240. The Balaban J connectivity index is 1.16. The van der Waals surface area contributed by atoms with Gasteiger partial charge in [0.2, 0.25) is 0 Å². The average Bonchev–Trinajstić information content (AvgIpc) is 3.46. The van der Waals surface area contributed by atoms with Gasteiger partial charge >= 0.3 is 0 Å². The monoisotopic (exact) mass is 424 g/mol. The van der Waals surface area contributed by atoms with Crippen LogP contribution in [0.25, 0.3) is 0 Å². The first-order valence-electron chi connectivity index (χ1n) is 13.2. The molecule has 4 N–H and O–H groups in total. The highest BCUT2D eigenvalue weighted by molar-refractivity contribution is 4.66. The van der Waals surface area contributed by atoms with Crippen molar-refractivity contribution in [2.45, 2.75) is 77.0 Å². The van der Waals surface area contributed by atoms with Gasteiger partial charge in [0.25, 0.3) is 0 Å². The first-order chi connectivity index (χ1) is 14.9. The highest BCUT2D eigenvalue weighted by Gasteiger charge is 2.10. The Kier molecular flexibility index (Phi) is 16.9. The first kappa shape index (κ1) is 26.0. The van der Waals surface area contributed by atoms with Gasteiger partial charge in [-0.1, -0.05) is 12.8 Å². The molecule has 0 aromatic rings. The number of hydrogen-bond acceptors (Lipinski definition) is 6. The third-order valence-electron chi connectivity index (χ3n) is 6.51. The number of rotatable bonds is 21. The van der Waals surface area contributed by atoms with Crippen LogP contribution in [0.3, 0.4) is 0 Å². The first-order valence-corrected chi connectivity index (χ1v) is 13.2. The summed E-state index contributed by atoms with van der Waals surface area (Å²) in [6, 6.07) is 0. The molecule has 2 rings (SSSR count). The van der Waals surface area contributed by atoms with Crippen LogP contribution in [0.15, 0.2) is 0 Å². The Bertz CT molecular complexity index is 322. The summed E-state index contributed by atoms with van der Waals surface area (Å²) in [5.41, 5.74) is 0. The van der Waals surface area contributed by atoms with Crippen LogP contribution in [0.2, 0.25) is 0 Å². The fraction of sp³-hybridized carbons (Fsp3) is 1.00. The molecule has 0 radical (unpaired) electrons. The Morgan fingerprint density at radius 2 is 0.733 bits per heavy atom. The van der Waals surface area contributed by atoms with E-state index in [1.807, 2.05) is 0 Å². The van der Waals surface area contributed by atoms with Crippen LogP contribution in [0.4, 0.5) is 0 Å². The second-order valence-electron chi connectivity index (χ2n) is 9.28. The molecule has 0 aromatic carbocycles. The molecular formula is C24H52N6. The van der Waals surface area contributed by atoms with E-state index >= 15 is 0 Å². The normalized spacial score (nSPS) is 18.0. The molecular weight excluding hydrogens is 372 g/mol. The van der Waals surface area contributed by atoms with Gasteiger partial charge in [0, 0.05) is 13.3 Å². The van der Waals surface area contributed by atoms with Gasteiger partial charge in [0.1, 0.15) is 0 Å². The summed E-state index contributed by atoms with van der Waals surface area (Å²) >= 11 is 0. The lowest BCUT2D eigenvalue weighted by Crippen LogP contribution is -2.32. The van der Waals surface area contributed by atoms with Crippen molar-refractivity contribution in [3.05, 3.63) is 0 Å². The number of likely N-dealkylation sites (tertiary alicyclic amines) is 2. The van der Waals surface area contributed by atoms with Crippen molar-refractivity contribution < 1.29 is 0 Å². The van der Waals surface area contributed by atoms with Crippen LogP contribution in [0.1, 0.15) is 77.0 Å². The second kappa shape index (κ2) is 19.4. The minimum Gasteiger partial charge on any atom is -0.304 e. The fourth-order valence-corrected chi connectivity index (χ4v) is 4.57. The zero-order valence-corrected chi connectivity index (χ0v) is 19.9. The molecule has 2 aliphatic rings. The van der Waals surface area contributed by atoms with Crippen molar-refractivity contribution in [1.29, 1.82) is 0 Å². The van der Waals surface area contributed by atoms with E-state index < -0.39 is 0 Å². The van der Waals surface area contributed by atoms with Crippen LogP contribution in [0, 0.1) is 0 Å². The molecule has 0 bridgehead atoms. The fourth-order valence-electron chi connectivity index (χ4n) is 4.57. The predicted molar refractivity (Wildman–Crippen MR) is 130 cm³/mol. The zero-order valence-electron chi connectivity index (χ0n) is 19.9. The molecule has 0 atom stereocenters. The molecule has 6 heteroatoms. The van der Waals surface area contributed by atoms with Crippen molar-refractivity contribution in [3.63, 3.8) is 0 Å². The number of unbranched alkanes of at least 4 members (excludes halogenated alkanes) is 5. The minimum absolute atomic E-state index is 0.957. The number of nitrogens with one attached hydrogen (secondary N) is 4. The van der Waals surface area contributed by atoms with E-state index in [4.69, 9.17) is 0 Å². The summed E-state index contributed by atoms with van der Waals surface area (Å²) < 4.78 is 0. The van der Waals surface area contributed by atoms with Gasteiger partial charge in [-0.2, -0.15) is 0 Å². The van der Waals surface area contributed by atoms with Gasteiger partial charge in [-0.15, -0.1) is 0 Å². The van der Waals surface area contributed by atoms with Gasteiger partial charge < -0.3 is 31.1 Å². The lowest BCUT2D eigenvalue weighted by atomic mass is 10.2. The van der Waals surface area contributed by atoms with Crippen molar-refractivity contribution in [1.82, 2.24) is 31.1 Å². The molecule has 2 heterocycles. The van der Waals surface area contributed by atoms with Gasteiger partial charge in [0.15, 0.2) is 0 Å². The maximum atomic E-state index is 3.52. The molecule has 2 saturated heterocycles. The summed E-state index contributed by atoms with van der Waals surface area (Å²) in [6.45, 7) is 14.5. The summed E-state index contributed by atoms with van der Waals surface area (Å²) in [6.07, 6.45) is 16.3. The zero-order chi connectivity index (χ0) is 21.0. The molecule has 0 aliphatic carbocycles. The molecule has 0 saturated carbocycles. The summed E-state index contributed by atoms with van der Waals surface area (Å²) in [5, 5.41) is 14.0. The molecule has 0 aromatic heterocycles. The van der Waals surface area contributed by atoms with E-state index in [2.05, 4.69) is 31.1 Å². The van der Waals surface area contributed by atoms with Gasteiger partial charge in [-0.25, -0.2) is 0 Å². The summed E-state index contributed by atoms with van der Waals surface area (Å²) in [5.74, 6) is 0. The quantitative estimate of drug-likeness (QED) is 0.168. The maximum Gasteiger partial charge on any atom is 0.0454 e. The van der Waals surface area contributed by atoms with E-state index in [0.29, 0.717) is 0 Å². The van der Waals surface area contributed by atoms with E-state index in [9.17, 15) is 0 Å². The molecule has 0 amide bonds. The highest BCUT2D eigenvalue weighted by Crippen LogP contribution is 2.09. The van der Waals surface area contributed by atoms with Crippen molar-refractivity contribution in [3.8, 4) is 0 Å². The van der Waals surface area contributed by atoms with Crippen LogP contribution >= 0.6 is 0 Å². The molecule has 2 aliphatic heterocycles. The molecule has 2 fully saturated rings. The van der Waals surface area contributed by atoms with Gasteiger partial charge in [0.05, 0.1) is 0 Å². The lowest BCUT2D eigenvalue weighted by molar-refractivity contribution is 0.328. The smallest absolute Gasteiger partial charge is 0.0454 e. The van der Waals surface area contributed by atoms with E-state index in [1.165, 1.54) is 116 Å². The highest BCUT2D eigenvalue weighted by atomic mass is 15.1. The number of hydrogen-bond donors (Lipinski definition) is 4. The van der Waals surface area contributed by atoms with Crippen LogP contribution < -0.4 is 21.3 Å². The Labute approximate surface area is 187 Å². The molecule has 0 unspecified atom stereocenters. The largest absolute Gasteiger partial charge is 0.304 e. The van der Waals surface area contributed by atoms with Crippen molar-refractivity contribution in [2.24, 2.45) is 0 Å². The summed E-state index contributed by atoms with van der Waals surface area (Å²) in [7, 11) is 0. The Morgan fingerprint density at radius 3 is 1.10 bits per heavy atom. The maximum absolute atomic E-state index is 3.52. The van der Waals surface area contributed by atoms with Crippen LogP contribution in [0.5, 0.6) is 0 Å². The molecule has 0 spiro atoms. The van der Waals surface area contributed by atoms with Gasteiger partial charge in [-0.05, 0) is 130 Å². The number of nitrogens with zero attached hydrogens (tertiary/aromatic N) is 2. The minimum atomic E-state index is 0.957. The topological polar surface area (TPSA) is 54.6 Å². The van der Waals surface area contributed by atoms with Crippen molar-refractivity contribution in [2.75, 3.05) is 78.8 Å². The third kappa shape index (κ3) is 14.7. The van der Waals surface area contributed by atoms with Gasteiger partial charge in [-0.3, -0.25) is 0 Å². The van der Waals surface area contributed by atoms with Crippen LogP contribution in [-0.2, 0) is 0 Å². The molecule has 30 heavy (non-hydrogen) atoms. The third-order valence-corrected chi connectivity index (χ3v) is 6.51. The van der Waals surface area contributed by atoms with E-state index in [0.717, 1.165) is 39.5 Å². The molecule has 6 nitrogen and oxygen atoms in total. The summed E-state index contributed by atoms with van der Waals surface area (Å²) in [4.78, 5) is 5.24. The standard InChI is InChI=1S/C24H52N6/c1(7-17-29-19-9-10-20-29)3-13-25-23-27-15-5-6-16-28-24-26-14-4-2-8-18-30-21-11-12-22-30/h25-28H,1-24H2. The average molecular weight is 425 g/mol. The predicted octanol–water partition coefficient (Wildman–Crippen LogP) is 2.57.